The first-order valence-corrected chi connectivity index (χ1v) is 6.55. The molecule has 0 aromatic heterocycles. The van der Waals surface area contributed by atoms with E-state index in [-0.39, 0.29) is 5.54 Å². The molecular weight excluding hydrogens is 242 g/mol. The first-order valence-electron chi connectivity index (χ1n) is 6.55. The second kappa shape index (κ2) is 4.33. The van der Waals surface area contributed by atoms with Crippen LogP contribution in [0.4, 0.5) is 0 Å². The zero-order chi connectivity index (χ0) is 13.5. The first-order chi connectivity index (χ1) is 9.11. The van der Waals surface area contributed by atoms with Crippen LogP contribution in [0.15, 0.2) is 23.2 Å². The van der Waals surface area contributed by atoms with E-state index in [0.717, 1.165) is 23.5 Å². The molecule has 5 heteroatoms. The maximum atomic E-state index is 5.87. The monoisotopic (exact) mass is 261 g/mol. The van der Waals surface area contributed by atoms with Crippen LogP contribution in [0.2, 0.25) is 0 Å². The maximum absolute atomic E-state index is 5.87. The lowest BCUT2D eigenvalue weighted by molar-refractivity contribution is 0.265. The van der Waals surface area contributed by atoms with Crippen molar-refractivity contribution < 1.29 is 9.47 Å². The van der Waals surface area contributed by atoms with Crippen LogP contribution in [0.25, 0.3) is 0 Å². The quantitative estimate of drug-likeness (QED) is 0.828. The number of rotatable bonds is 1. The number of nitrogens with zero attached hydrogens (tertiary/aromatic N) is 2. The lowest BCUT2D eigenvalue weighted by Gasteiger charge is -2.33. The predicted molar refractivity (Wildman–Crippen MR) is 73.7 cm³/mol. The van der Waals surface area contributed by atoms with Crippen molar-refractivity contribution >= 4 is 5.96 Å². The summed E-state index contributed by atoms with van der Waals surface area (Å²) in [4.78, 5) is 6.33. The largest absolute Gasteiger partial charge is 0.490 e. The lowest BCUT2D eigenvalue weighted by atomic mass is 9.91. The second-order valence-corrected chi connectivity index (χ2v) is 5.22. The molecule has 1 unspecified atom stereocenters. The smallest absolute Gasteiger partial charge is 0.191 e. The molecule has 0 bridgehead atoms. The number of fused-ring (bicyclic) bond motifs is 1. The van der Waals surface area contributed by atoms with Crippen molar-refractivity contribution in [3.8, 4) is 11.5 Å². The highest BCUT2D eigenvalue weighted by molar-refractivity contribution is 5.81. The molecule has 2 aliphatic rings. The van der Waals surface area contributed by atoms with Crippen LogP contribution in [-0.4, -0.2) is 37.7 Å². The van der Waals surface area contributed by atoms with Gasteiger partial charge in [-0.1, -0.05) is 6.07 Å². The van der Waals surface area contributed by atoms with E-state index in [1.807, 2.05) is 24.1 Å². The number of nitrogens with two attached hydrogens (primary N) is 1. The maximum Gasteiger partial charge on any atom is 0.191 e. The molecule has 3 rings (SSSR count). The van der Waals surface area contributed by atoms with E-state index in [9.17, 15) is 0 Å². The van der Waals surface area contributed by atoms with E-state index in [1.54, 1.807) is 0 Å². The standard InChI is InChI=1S/C14H19N3O2/c1-14(9-16-13(15)17(14)2)10-4-5-11-12(8-10)19-7-3-6-18-11/h4-5,8H,3,6-7,9H2,1-2H3,(H2,15,16). The SMILES string of the molecule is CN1C(N)=NCC1(C)c1ccc2c(c1)OCCCO2. The van der Waals surface area contributed by atoms with Gasteiger partial charge in [-0.25, -0.2) is 0 Å². The number of benzene rings is 1. The van der Waals surface area contributed by atoms with Crippen LogP contribution in [-0.2, 0) is 5.54 Å². The third-order valence-corrected chi connectivity index (χ3v) is 4.00. The average Bonchev–Trinajstić information content (AvgIpc) is 2.63. The Labute approximate surface area is 113 Å². The number of likely N-dealkylation sites (N-methyl/N-ethyl adjacent to an activating group) is 1. The minimum absolute atomic E-state index is 0.214. The fourth-order valence-electron chi connectivity index (χ4n) is 2.48. The zero-order valence-electron chi connectivity index (χ0n) is 11.3. The molecule has 1 atom stereocenters. The second-order valence-electron chi connectivity index (χ2n) is 5.22. The number of aliphatic imine (C=N–C) groups is 1. The van der Waals surface area contributed by atoms with Gasteiger partial charge in [0.15, 0.2) is 17.5 Å². The van der Waals surface area contributed by atoms with Gasteiger partial charge in [0.1, 0.15) is 0 Å². The zero-order valence-corrected chi connectivity index (χ0v) is 11.3. The Morgan fingerprint density at radius 1 is 1.26 bits per heavy atom. The average molecular weight is 261 g/mol. The summed E-state index contributed by atoms with van der Waals surface area (Å²) in [5.41, 5.74) is 6.80. The van der Waals surface area contributed by atoms with Gasteiger partial charge in [0.2, 0.25) is 0 Å². The number of hydrogen-bond acceptors (Lipinski definition) is 5. The molecule has 102 valence electrons. The van der Waals surface area contributed by atoms with E-state index in [2.05, 4.69) is 18.0 Å². The number of guanidine groups is 1. The normalized spacial score (nSPS) is 26.0. The third-order valence-electron chi connectivity index (χ3n) is 4.00. The molecule has 0 fully saturated rings. The Morgan fingerprint density at radius 2 is 2.00 bits per heavy atom. The fourth-order valence-corrected chi connectivity index (χ4v) is 2.48. The minimum atomic E-state index is -0.214. The van der Waals surface area contributed by atoms with Crippen LogP contribution < -0.4 is 15.2 Å². The molecule has 2 heterocycles. The molecule has 0 saturated carbocycles. The summed E-state index contributed by atoms with van der Waals surface area (Å²) in [5.74, 6) is 2.21. The van der Waals surface area contributed by atoms with Gasteiger partial charge in [-0.05, 0) is 24.6 Å². The van der Waals surface area contributed by atoms with Crippen LogP contribution in [0.3, 0.4) is 0 Å². The lowest BCUT2D eigenvalue weighted by Crippen LogP contribution is -2.44. The van der Waals surface area contributed by atoms with E-state index < -0.39 is 0 Å². The molecule has 0 aliphatic carbocycles. The van der Waals surface area contributed by atoms with Crippen molar-refractivity contribution in [3.05, 3.63) is 23.8 Å². The van der Waals surface area contributed by atoms with E-state index in [1.165, 1.54) is 0 Å². The number of hydrogen-bond donors (Lipinski definition) is 1. The molecule has 19 heavy (non-hydrogen) atoms. The van der Waals surface area contributed by atoms with Crippen molar-refractivity contribution in [3.63, 3.8) is 0 Å². The molecule has 2 aliphatic heterocycles. The van der Waals surface area contributed by atoms with Crippen LogP contribution >= 0.6 is 0 Å². The van der Waals surface area contributed by atoms with Gasteiger partial charge in [-0.3, -0.25) is 4.99 Å². The van der Waals surface area contributed by atoms with Crippen LogP contribution in [0, 0.1) is 0 Å². The predicted octanol–water partition coefficient (Wildman–Crippen LogP) is 1.32. The van der Waals surface area contributed by atoms with E-state index in [4.69, 9.17) is 15.2 Å². The highest BCUT2D eigenvalue weighted by atomic mass is 16.5. The summed E-state index contributed by atoms with van der Waals surface area (Å²) in [6, 6.07) is 6.09. The van der Waals surface area contributed by atoms with Crippen molar-refractivity contribution in [1.29, 1.82) is 0 Å². The Bertz CT molecular complexity index is 529. The minimum Gasteiger partial charge on any atom is -0.490 e. The molecule has 0 radical (unpaired) electrons. The van der Waals surface area contributed by atoms with Crippen LogP contribution in [0.1, 0.15) is 18.9 Å². The van der Waals surface area contributed by atoms with Crippen molar-refractivity contribution in [2.75, 3.05) is 26.8 Å². The summed E-state index contributed by atoms with van der Waals surface area (Å²) in [7, 11) is 1.97. The Kier molecular flexibility index (Phi) is 2.77. The van der Waals surface area contributed by atoms with Gasteiger partial charge in [0.25, 0.3) is 0 Å². The molecule has 0 spiro atoms. The molecule has 2 N–H and O–H groups in total. The molecule has 5 nitrogen and oxygen atoms in total. The van der Waals surface area contributed by atoms with Gasteiger partial charge in [0.05, 0.1) is 25.3 Å². The molecular formula is C14H19N3O2. The molecule has 1 aromatic carbocycles. The van der Waals surface area contributed by atoms with Gasteiger partial charge < -0.3 is 20.1 Å². The summed E-state index contributed by atoms with van der Waals surface area (Å²) >= 11 is 0. The molecule has 0 saturated heterocycles. The van der Waals surface area contributed by atoms with Gasteiger partial charge in [0, 0.05) is 13.5 Å². The van der Waals surface area contributed by atoms with Gasteiger partial charge >= 0.3 is 0 Å². The van der Waals surface area contributed by atoms with Crippen molar-refractivity contribution in [2.45, 2.75) is 18.9 Å². The summed E-state index contributed by atoms with van der Waals surface area (Å²) < 4.78 is 11.4. The van der Waals surface area contributed by atoms with E-state index >= 15 is 0 Å². The topological polar surface area (TPSA) is 60.1 Å². The van der Waals surface area contributed by atoms with Crippen molar-refractivity contribution in [2.24, 2.45) is 10.7 Å². The number of ether oxygens (including phenoxy) is 2. The van der Waals surface area contributed by atoms with Gasteiger partial charge in [-0.2, -0.15) is 0 Å². The molecule has 0 amide bonds. The van der Waals surface area contributed by atoms with Gasteiger partial charge in [-0.15, -0.1) is 0 Å². The Balaban J connectivity index is 1.96. The van der Waals surface area contributed by atoms with Crippen LogP contribution in [0.5, 0.6) is 11.5 Å². The highest BCUT2D eigenvalue weighted by Crippen LogP contribution is 2.37. The summed E-state index contributed by atoms with van der Waals surface area (Å²) in [6.07, 6.45) is 0.914. The Morgan fingerprint density at radius 3 is 2.68 bits per heavy atom. The van der Waals surface area contributed by atoms with Crippen molar-refractivity contribution in [1.82, 2.24) is 4.90 Å². The molecule has 1 aromatic rings. The fraction of sp³-hybridized carbons (Fsp3) is 0.500. The first kappa shape index (κ1) is 12.1. The highest BCUT2D eigenvalue weighted by Gasteiger charge is 2.37. The third kappa shape index (κ3) is 1.89. The summed E-state index contributed by atoms with van der Waals surface area (Å²) in [6.45, 7) is 4.20. The Hall–Kier alpha value is -1.91. The van der Waals surface area contributed by atoms with E-state index in [0.29, 0.717) is 25.7 Å². The summed E-state index contributed by atoms with van der Waals surface area (Å²) in [5, 5.41) is 0.